The number of benzene rings is 2. The molecule has 0 spiro atoms. The van der Waals surface area contributed by atoms with Crippen molar-refractivity contribution in [3.05, 3.63) is 64.1 Å². The molecule has 1 aliphatic rings. The second-order valence-electron chi connectivity index (χ2n) is 6.20. The number of nitriles is 1. The van der Waals surface area contributed by atoms with Crippen LogP contribution in [-0.4, -0.2) is 29.3 Å². The topological polar surface area (TPSA) is 102 Å². The van der Waals surface area contributed by atoms with Crippen molar-refractivity contribution in [3.63, 3.8) is 0 Å². The number of amides is 4. The minimum Gasteiger partial charge on any atom is -0.324 e. The molecule has 1 atom stereocenters. The lowest BCUT2D eigenvalue weighted by molar-refractivity contribution is -0.133. The third-order valence-corrected chi connectivity index (χ3v) is 4.75. The van der Waals surface area contributed by atoms with Crippen LogP contribution in [-0.2, 0) is 15.1 Å². The van der Waals surface area contributed by atoms with Gasteiger partial charge >= 0.3 is 6.03 Å². The Balaban J connectivity index is 1.75. The van der Waals surface area contributed by atoms with Crippen molar-refractivity contribution in [3.8, 4) is 6.07 Å². The van der Waals surface area contributed by atoms with Crippen molar-refractivity contribution in [1.82, 2.24) is 10.2 Å². The van der Waals surface area contributed by atoms with Gasteiger partial charge in [0, 0.05) is 10.2 Å². The highest BCUT2D eigenvalue weighted by Crippen LogP contribution is 2.30. The summed E-state index contributed by atoms with van der Waals surface area (Å²) in [5.74, 6) is -1.04. The molecular weight excluding hydrogens is 412 g/mol. The maximum atomic E-state index is 12.8. The molecule has 3 rings (SSSR count). The van der Waals surface area contributed by atoms with Gasteiger partial charge in [0.1, 0.15) is 12.1 Å². The zero-order valence-corrected chi connectivity index (χ0v) is 15.9. The van der Waals surface area contributed by atoms with E-state index in [4.69, 9.17) is 5.26 Å². The summed E-state index contributed by atoms with van der Waals surface area (Å²) in [6.45, 7) is 1.17. The van der Waals surface area contributed by atoms with Crippen LogP contribution in [0.2, 0.25) is 0 Å². The fourth-order valence-electron chi connectivity index (χ4n) is 2.85. The Kier molecular flexibility index (Phi) is 4.97. The average molecular weight is 427 g/mol. The van der Waals surface area contributed by atoms with E-state index in [0.29, 0.717) is 16.8 Å². The van der Waals surface area contributed by atoms with Gasteiger partial charge in [-0.3, -0.25) is 14.5 Å². The Morgan fingerprint density at radius 1 is 1.26 bits per heavy atom. The van der Waals surface area contributed by atoms with Crippen LogP contribution in [0.1, 0.15) is 18.1 Å². The Morgan fingerprint density at radius 3 is 2.70 bits per heavy atom. The van der Waals surface area contributed by atoms with E-state index >= 15 is 0 Å². The monoisotopic (exact) mass is 426 g/mol. The van der Waals surface area contributed by atoms with Crippen molar-refractivity contribution < 1.29 is 14.4 Å². The summed E-state index contributed by atoms with van der Waals surface area (Å²) in [5, 5.41) is 14.2. The molecule has 0 unspecified atom stereocenters. The molecule has 7 nitrogen and oxygen atoms in total. The highest BCUT2D eigenvalue weighted by Gasteiger charge is 2.49. The Morgan fingerprint density at radius 2 is 2.00 bits per heavy atom. The second kappa shape index (κ2) is 7.21. The Hall–Kier alpha value is -3.18. The number of hydrogen-bond donors (Lipinski definition) is 2. The highest BCUT2D eigenvalue weighted by molar-refractivity contribution is 9.10. The molecule has 2 aromatic rings. The third kappa shape index (κ3) is 3.68. The molecule has 2 aromatic carbocycles. The summed E-state index contributed by atoms with van der Waals surface area (Å²) in [6, 6.07) is 14.8. The minimum atomic E-state index is -1.25. The van der Waals surface area contributed by atoms with Crippen LogP contribution < -0.4 is 10.6 Å². The van der Waals surface area contributed by atoms with Crippen molar-refractivity contribution in [2.45, 2.75) is 12.5 Å². The van der Waals surface area contributed by atoms with Gasteiger partial charge in [-0.1, -0.05) is 34.1 Å². The van der Waals surface area contributed by atoms with Crippen LogP contribution in [0.4, 0.5) is 10.5 Å². The second-order valence-corrected chi connectivity index (χ2v) is 7.11. The SMILES string of the molecule is C[C@@]1(c2cccc(Br)c2)NC(=O)N(CC(=O)Nc2cccc(C#N)c2)C1=O. The summed E-state index contributed by atoms with van der Waals surface area (Å²) < 4.78 is 0.775. The fourth-order valence-corrected chi connectivity index (χ4v) is 3.25. The Labute approximate surface area is 164 Å². The average Bonchev–Trinajstić information content (AvgIpc) is 2.86. The molecule has 8 heteroatoms. The zero-order chi connectivity index (χ0) is 19.6. The Bertz CT molecular complexity index is 985. The van der Waals surface area contributed by atoms with Crippen LogP contribution in [0.15, 0.2) is 53.0 Å². The molecular formula is C19H15BrN4O3. The van der Waals surface area contributed by atoms with Gasteiger partial charge in [0.2, 0.25) is 5.91 Å². The molecule has 4 amide bonds. The first-order valence-electron chi connectivity index (χ1n) is 8.03. The van der Waals surface area contributed by atoms with Crippen molar-refractivity contribution in [2.75, 3.05) is 11.9 Å². The molecule has 1 fully saturated rings. The largest absolute Gasteiger partial charge is 0.325 e. The summed E-state index contributed by atoms with van der Waals surface area (Å²) in [5.41, 5.74) is 0.174. The van der Waals surface area contributed by atoms with E-state index < -0.39 is 29.9 Å². The summed E-state index contributed by atoms with van der Waals surface area (Å²) >= 11 is 3.35. The predicted molar refractivity (Wildman–Crippen MR) is 102 cm³/mol. The molecule has 1 saturated heterocycles. The first kappa shape index (κ1) is 18.6. The van der Waals surface area contributed by atoms with E-state index in [9.17, 15) is 14.4 Å². The van der Waals surface area contributed by atoms with Gasteiger partial charge in [-0.05, 0) is 42.8 Å². The number of hydrogen-bond acceptors (Lipinski definition) is 4. The molecule has 0 saturated carbocycles. The molecule has 0 aliphatic carbocycles. The lowest BCUT2D eigenvalue weighted by Crippen LogP contribution is -2.42. The van der Waals surface area contributed by atoms with Crippen LogP contribution >= 0.6 is 15.9 Å². The number of nitrogens with zero attached hydrogens (tertiary/aromatic N) is 2. The quantitative estimate of drug-likeness (QED) is 0.733. The normalized spacial score (nSPS) is 18.8. The molecule has 1 aliphatic heterocycles. The lowest BCUT2D eigenvalue weighted by Gasteiger charge is -2.22. The number of urea groups is 1. The van der Waals surface area contributed by atoms with E-state index in [1.165, 1.54) is 6.07 Å². The maximum Gasteiger partial charge on any atom is 0.325 e. The molecule has 0 bridgehead atoms. The molecule has 0 aromatic heterocycles. The van der Waals surface area contributed by atoms with Crippen molar-refractivity contribution in [2.24, 2.45) is 0 Å². The molecule has 136 valence electrons. The smallest absolute Gasteiger partial charge is 0.324 e. The number of anilines is 1. The first-order chi connectivity index (χ1) is 12.8. The van der Waals surface area contributed by atoms with Gasteiger partial charge in [0.05, 0.1) is 11.6 Å². The predicted octanol–water partition coefficient (Wildman–Crippen LogP) is 2.73. The number of imide groups is 1. The summed E-state index contributed by atoms with van der Waals surface area (Å²) in [6.07, 6.45) is 0. The summed E-state index contributed by atoms with van der Waals surface area (Å²) in [4.78, 5) is 38.3. The fraction of sp³-hybridized carbons (Fsp3) is 0.158. The van der Waals surface area contributed by atoms with Gasteiger partial charge in [-0.2, -0.15) is 5.26 Å². The van der Waals surface area contributed by atoms with Crippen molar-refractivity contribution in [1.29, 1.82) is 5.26 Å². The third-order valence-electron chi connectivity index (χ3n) is 4.25. The van der Waals surface area contributed by atoms with Crippen molar-refractivity contribution >= 4 is 39.5 Å². The van der Waals surface area contributed by atoms with Crippen LogP contribution in [0.25, 0.3) is 0 Å². The van der Waals surface area contributed by atoms with E-state index in [1.807, 2.05) is 12.1 Å². The number of nitrogens with one attached hydrogen (secondary N) is 2. The van der Waals surface area contributed by atoms with E-state index in [-0.39, 0.29) is 0 Å². The number of halogens is 1. The van der Waals surface area contributed by atoms with Gasteiger partial charge in [0.15, 0.2) is 0 Å². The van der Waals surface area contributed by atoms with Crippen LogP contribution in [0.3, 0.4) is 0 Å². The number of carbonyl (C=O) groups is 3. The van der Waals surface area contributed by atoms with E-state index in [2.05, 4.69) is 26.6 Å². The first-order valence-corrected chi connectivity index (χ1v) is 8.83. The van der Waals surface area contributed by atoms with Crippen LogP contribution in [0.5, 0.6) is 0 Å². The number of carbonyl (C=O) groups excluding carboxylic acids is 3. The minimum absolute atomic E-state index is 0.394. The highest BCUT2D eigenvalue weighted by atomic mass is 79.9. The lowest BCUT2D eigenvalue weighted by atomic mass is 9.92. The van der Waals surface area contributed by atoms with E-state index in [0.717, 1.165) is 9.37 Å². The summed E-state index contributed by atoms with van der Waals surface area (Å²) in [7, 11) is 0. The van der Waals surface area contributed by atoms with Gasteiger partial charge in [0.25, 0.3) is 5.91 Å². The van der Waals surface area contributed by atoms with Gasteiger partial charge in [-0.15, -0.1) is 0 Å². The van der Waals surface area contributed by atoms with E-state index in [1.54, 1.807) is 43.3 Å². The molecule has 0 radical (unpaired) electrons. The standard InChI is InChI=1S/C19H15BrN4O3/c1-19(13-5-3-6-14(20)9-13)17(26)24(18(27)23-19)11-16(25)22-15-7-2-4-12(8-15)10-21/h2-9H,11H2,1H3,(H,22,25)(H,23,27)/t19-/m0/s1. The van der Waals surface area contributed by atoms with Gasteiger partial charge in [-0.25, -0.2) is 4.79 Å². The molecule has 1 heterocycles. The zero-order valence-electron chi connectivity index (χ0n) is 14.3. The number of rotatable bonds is 4. The van der Waals surface area contributed by atoms with Crippen LogP contribution in [0, 0.1) is 11.3 Å². The maximum absolute atomic E-state index is 12.8. The van der Waals surface area contributed by atoms with Gasteiger partial charge < -0.3 is 10.6 Å². The molecule has 2 N–H and O–H groups in total. The molecule has 27 heavy (non-hydrogen) atoms.